The standard InChI is InChI=1S/C51H56F2N10O7/c1-51(2,3)70-50(69)61-22-20-59(21-23-61)30-38-39(52)24-31(25-40(38)53)35-8-7-9-41-46(35)57-42(28-55-41)32-27-56-62(29-32)34-15-18-60(19-16-34)45(65)10-5-4-6-17-54-33-11-12-36-37(26-33)49(68)63(48(36)67)43-13-14-44(64)58-47(43)66/h7-9,11-12,24-29,34,43,54H,4-6,10,13-23,30H2,1-3H3,(H,58,64,66). The number of anilines is 1. The summed E-state index contributed by atoms with van der Waals surface area (Å²) in [5, 5.41) is 10.2. The summed E-state index contributed by atoms with van der Waals surface area (Å²) < 4.78 is 38.8. The van der Waals surface area contributed by atoms with Gasteiger partial charge in [0.2, 0.25) is 17.7 Å². The second-order valence-corrected chi connectivity index (χ2v) is 19.4. The van der Waals surface area contributed by atoms with Crippen LogP contribution in [-0.4, -0.2) is 132 Å². The van der Waals surface area contributed by atoms with Gasteiger partial charge in [-0.2, -0.15) is 5.10 Å². The van der Waals surface area contributed by atoms with Crippen LogP contribution in [0.4, 0.5) is 19.3 Å². The minimum Gasteiger partial charge on any atom is -0.444 e. The normalized spacial score (nSPS) is 18.1. The van der Waals surface area contributed by atoms with E-state index in [1.807, 2.05) is 41.4 Å². The highest BCUT2D eigenvalue weighted by atomic mass is 19.1. The van der Waals surface area contributed by atoms with Gasteiger partial charge in [0.05, 0.1) is 46.3 Å². The molecule has 4 aliphatic rings. The lowest BCUT2D eigenvalue weighted by Gasteiger charge is -2.35. The summed E-state index contributed by atoms with van der Waals surface area (Å²) in [5.74, 6) is -3.38. The van der Waals surface area contributed by atoms with Crippen molar-refractivity contribution in [3.05, 3.63) is 95.4 Å². The number of nitrogens with one attached hydrogen (secondary N) is 2. The number of nitrogens with zero attached hydrogens (tertiary/aromatic N) is 8. The number of halogens is 2. The topological polar surface area (TPSA) is 192 Å². The van der Waals surface area contributed by atoms with E-state index in [0.29, 0.717) is 85.8 Å². The quantitative estimate of drug-likeness (QED) is 0.0936. The van der Waals surface area contributed by atoms with Gasteiger partial charge in [0, 0.05) is 93.8 Å². The van der Waals surface area contributed by atoms with E-state index in [1.54, 1.807) is 53.7 Å². The van der Waals surface area contributed by atoms with Crippen molar-refractivity contribution in [1.29, 1.82) is 0 Å². The third-order valence-electron chi connectivity index (χ3n) is 13.4. The smallest absolute Gasteiger partial charge is 0.410 e. The number of ether oxygens (including phenoxy) is 1. The Morgan fingerprint density at radius 1 is 0.814 bits per heavy atom. The van der Waals surface area contributed by atoms with Crippen LogP contribution in [0.15, 0.2) is 67.1 Å². The SMILES string of the molecule is CC(C)(C)OC(=O)N1CCN(Cc2c(F)cc(-c3cccc4ncc(-c5cnn(C6CCN(C(=O)CCCCCNc7ccc8c(c7)C(=O)N(C7CCC(=O)NC7=O)C8=O)CC6)c5)nc34)cc2F)CC1. The lowest BCUT2D eigenvalue weighted by molar-refractivity contribution is -0.136. The number of benzene rings is 3. The Balaban J connectivity index is 0.735. The number of aromatic nitrogens is 4. The zero-order chi connectivity index (χ0) is 49.3. The molecule has 3 aromatic carbocycles. The molecule has 1 atom stereocenters. The van der Waals surface area contributed by atoms with E-state index >= 15 is 8.78 Å². The van der Waals surface area contributed by atoms with Crippen molar-refractivity contribution in [2.75, 3.05) is 51.1 Å². The van der Waals surface area contributed by atoms with E-state index in [4.69, 9.17) is 9.72 Å². The Morgan fingerprint density at radius 2 is 1.56 bits per heavy atom. The number of piperidine rings is 2. The first-order valence-corrected chi connectivity index (χ1v) is 24.0. The molecule has 0 aliphatic carbocycles. The minimum atomic E-state index is -1.01. The highest BCUT2D eigenvalue weighted by Crippen LogP contribution is 2.33. The summed E-state index contributed by atoms with van der Waals surface area (Å²) in [6.45, 7) is 9.02. The molecule has 17 nitrogen and oxygen atoms in total. The van der Waals surface area contributed by atoms with E-state index in [0.717, 1.165) is 42.6 Å². The molecule has 6 heterocycles. The van der Waals surface area contributed by atoms with Crippen LogP contribution < -0.4 is 10.6 Å². The summed E-state index contributed by atoms with van der Waals surface area (Å²) in [4.78, 5) is 91.7. The minimum absolute atomic E-state index is 0.0368. The second kappa shape index (κ2) is 20.1. The van der Waals surface area contributed by atoms with Gasteiger partial charge in [-0.15, -0.1) is 0 Å². The van der Waals surface area contributed by atoms with Crippen molar-refractivity contribution in [1.82, 2.24) is 44.7 Å². The number of piperazine rings is 1. The average Bonchev–Trinajstić information content (AvgIpc) is 3.93. The van der Waals surface area contributed by atoms with Gasteiger partial charge in [-0.3, -0.25) is 48.8 Å². The maximum Gasteiger partial charge on any atom is 0.410 e. The van der Waals surface area contributed by atoms with Crippen LogP contribution in [0.25, 0.3) is 33.4 Å². The van der Waals surface area contributed by atoms with Gasteiger partial charge in [0.25, 0.3) is 11.8 Å². The Morgan fingerprint density at radius 3 is 2.29 bits per heavy atom. The van der Waals surface area contributed by atoms with E-state index in [1.165, 1.54) is 12.1 Å². The van der Waals surface area contributed by atoms with Gasteiger partial charge in [-0.05, 0) is 94.8 Å². The van der Waals surface area contributed by atoms with Gasteiger partial charge in [-0.25, -0.2) is 18.6 Å². The van der Waals surface area contributed by atoms with Gasteiger partial charge < -0.3 is 19.9 Å². The molecule has 2 N–H and O–H groups in total. The number of carbonyl (C=O) groups excluding carboxylic acids is 6. The summed E-state index contributed by atoms with van der Waals surface area (Å²) in [5.41, 5.74) is 3.73. The van der Waals surface area contributed by atoms with Crippen LogP contribution >= 0.6 is 0 Å². The predicted octanol–water partition coefficient (Wildman–Crippen LogP) is 6.73. The first kappa shape index (κ1) is 47.9. The fourth-order valence-corrected chi connectivity index (χ4v) is 9.55. The lowest BCUT2D eigenvalue weighted by atomic mass is 10.0. The molecule has 0 saturated carbocycles. The second-order valence-electron chi connectivity index (χ2n) is 19.4. The van der Waals surface area contributed by atoms with Gasteiger partial charge in [0.15, 0.2) is 0 Å². The van der Waals surface area contributed by atoms with Crippen molar-refractivity contribution in [2.45, 2.75) is 96.4 Å². The first-order valence-electron chi connectivity index (χ1n) is 24.0. The van der Waals surface area contributed by atoms with Gasteiger partial charge >= 0.3 is 6.09 Å². The molecule has 5 aromatic rings. The molecular formula is C51H56F2N10O7. The Kier molecular flexibility index (Phi) is 13.7. The zero-order valence-electron chi connectivity index (χ0n) is 39.5. The molecule has 3 fully saturated rings. The number of amides is 6. The average molecular weight is 959 g/mol. The molecule has 4 aliphatic heterocycles. The van der Waals surface area contributed by atoms with Crippen LogP contribution in [0, 0.1) is 11.6 Å². The number of likely N-dealkylation sites (tertiary alicyclic amines) is 1. The third-order valence-corrected chi connectivity index (χ3v) is 13.4. The number of rotatable bonds is 13. The maximum atomic E-state index is 15.7. The molecule has 2 aromatic heterocycles. The monoisotopic (exact) mass is 958 g/mol. The molecule has 366 valence electrons. The van der Waals surface area contributed by atoms with Crippen molar-refractivity contribution >= 4 is 52.3 Å². The number of hydrogen-bond donors (Lipinski definition) is 2. The van der Waals surface area contributed by atoms with Crippen molar-refractivity contribution in [3.63, 3.8) is 0 Å². The number of fused-ring (bicyclic) bond motifs is 2. The van der Waals surface area contributed by atoms with Gasteiger partial charge in [-0.1, -0.05) is 18.6 Å². The Labute approximate surface area is 403 Å². The molecule has 70 heavy (non-hydrogen) atoms. The van der Waals surface area contributed by atoms with Crippen LogP contribution in [0.3, 0.4) is 0 Å². The molecular weight excluding hydrogens is 903 g/mol. The lowest BCUT2D eigenvalue weighted by Crippen LogP contribution is -2.54. The highest BCUT2D eigenvalue weighted by molar-refractivity contribution is 6.23. The first-order chi connectivity index (χ1) is 33.6. The van der Waals surface area contributed by atoms with E-state index in [9.17, 15) is 28.8 Å². The number of carbonyl (C=O) groups is 6. The van der Waals surface area contributed by atoms with Gasteiger partial charge in [0.1, 0.15) is 23.3 Å². The van der Waals surface area contributed by atoms with Crippen LogP contribution in [0.1, 0.15) is 104 Å². The van der Waals surface area contributed by atoms with Crippen molar-refractivity contribution < 1.29 is 42.3 Å². The Hall–Kier alpha value is -7.15. The summed E-state index contributed by atoms with van der Waals surface area (Å²) in [6.07, 6.45) is 9.31. The number of hydrogen-bond acceptors (Lipinski definition) is 12. The molecule has 0 radical (unpaired) electrons. The molecule has 6 amide bonds. The molecule has 9 rings (SSSR count). The number of imide groups is 2. The summed E-state index contributed by atoms with van der Waals surface area (Å²) in [6, 6.07) is 12.0. The maximum absolute atomic E-state index is 15.7. The van der Waals surface area contributed by atoms with E-state index in [2.05, 4.69) is 20.7 Å². The molecule has 0 bridgehead atoms. The zero-order valence-corrected chi connectivity index (χ0v) is 39.5. The fourth-order valence-electron chi connectivity index (χ4n) is 9.55. The molecule has 19 heteroatoms. The molecule has 3 saturated heterocycles. The Bertz CT molecular complexity index is 2840. The fraction of sp³-hybridized carbons (Fsp3) is 0.431. The van der Waals surface area contributed by atoms with Crippen molar-refractivity contribution in [2.24, 2.45) is 0 Å². The van der Waals surface area contributed by atoms with E-state index in [-0.39, 0.29) is 48.0 Å². The van der Waals surface area contributed by atoms with E-state index < -0.39 is 53.0 Å². The summed E-state index contributed by atoms with van der Waals surface area (Å²) >= 11 is 0. The van der Waals surface area contributed by atoms with Crippen LogP contribution in [0.5, 0.6) is 0 Å². The number of unbranched alkanes of at least 4 members (excludes halogenated alkanes) is 2. The molecule has 1 unspecified atom stereocenters. The van der Waals surface area contributed by atoms with Crippen LogP contribution in [-0.2, 0) is 25.7 Å². The van der Waals surface area contributed by atoms with Crippen molar-refractivity contribution in [3.8, 4) is 22.4 Å². The molecule has 0 spiro atoms. The number of para-hydroxylation sites is 1. The largest absolute Gasteiger partial charge is 0.444 e. The third kappa shape index (κ3) is 10.4. The van der Waals surface area contributed by atoms with Crippen LogP contribution in [0.2, 0.25) is 0 Å². The highest BCUT2D eigenvalue weighted by Gasteiger charge is 2.44. The predicted molar refractivity (Wildman–Crippen MR) is 254 cm³/mol. The summed E-state index contributed by atoms with van der Waals surface area (Å²) in [7, 11) is 0.